The monoisotopic (exact) mass is 274 g/mol. The van der Waals surface area contributed by atoms with Gasteiger partial charge in [-0.05, 0) is 32.9 Å². The number of nitriles is 1. The lowest BCUT2D eigenvalue weighted by Crippen LogP contribution is -2.37. The van der Waals surface area contributed by atoms with Gasteiger partial charge in [0.2, 0.25) is 0 Å². The summed E-state index contributed by atoms with van der Waals surface area (Å²) in [6.45, 7) is 5.87. The smallest absolute Gasteiger partial charge is 0.410 e. The fourth-order valence-electron chi connectivity index (χ4n) is 2.04. The molecular weight excluding hydrogens is 256 g/mol. The van der Waals surface area contributed by atoms with E-state index in [1.165, 1.54) is 4.90 Å². The number of hydrogen-bond donors (Lipinski definition) is 0. The van der Waals surface area contributed by atoms with Gasteiger partial charge in [-0.25, -0.2) is 4.79 Å². The molecule has 0 fully saturated rings. The van der Waals surface area contributed by atoms with E-state index in [0.717, 1.165) is 5.56 Å². The first-order valence-electron chi connectivity index (χ1n) is 6.44. The minimum Gasteiger partial charge on any atom is -0.491 e. The lowest BCUT2D eigenvalue weighted by molar-refractivity contribution is 0.0201. The molecule has 1 amide bonds. The molecule has 5 nitrogen and oxygen atoms in total. The maximum Gasteiger partial charge on any atom is 0.410 e. The number of fused-ring (bicyclic) bond motifs is 1. The molecule has 1 aromatic rings. The lowest BCUT2D eigenvalue weighted by atomic mass is 10.1. The Bertz CT molecular complexity index is 569. The third kappa shape index (κ3) is 2.85. The van der Waals surface area contributed by atoms with Crippen LogP contribution in [-0.4, -0.2) is 30.2 Å². The van der Waals surface area contributed by atoms with Gasteiger partial charge in [-0.3, -0.25) is 0 Å². The molecule has 5 heteroatoms. The lowest BCUT2D eigenvalue weighted by Gasteiger charge is -2.27. The Morgan fingerprint density at radius 2 is 2.20 bits per heavy atom. The Hall–Kier alpha value is -2.22. The molecule has 2 rings (SSSR count). The molecule has 0 bridgehead atoms. The molecule has 1 aromatic carbocycles. The summed E-state index contributed by atoms with van der Waals surface area (Å²) in [5.41, 5.74) is 0.917. The van der Waals surface area contributed by atoms with E-state index in [1.54, 1.807) is 19.2 Å². The zero-order valence-electron chi connectivity index (χ0n) is 12.1. The van der Waals surface area contributed by atoms with Gasteiger partial charge in [-0.2, -0.15) is 5.26 Å². The van der Waals surface area contributed by atoms with Crippen LogP contribution in [0.4, 0.5) is 4.79 Å². The van der Waals surface area contributed by atoms with Gasteiger partial charge < -0.3 is 14.4 Å². The minimum absolute atomic E-state index is 0.187. The molecule has 0 spiro atoms. The number of hydrogen-bond acceptors (Lipinski definition) is 4. The zero-order chi connectivity index (χ0) is 14.9. The normalized spacial score (nSPS) is 16.9. The minimum atomic E-state index is -0.529. The molecule has 0 aliphatic carbocycles. The van der Waals surface area contributed by atoms with Gasteiger partial charge >= 0.3 is 6.09 Å². The second-order valence-corrected chi connectivity index (χ2v) is 5.78. The zero-order valence-corrected chi connectivity index (χ0v) is 12.1. The summed E-state index contributed by atoms with van der Waals surface area (Å²) in [6, 6.07) is 7.13. The molecule has 1 aliphatic rings. The average Bonchev–Trinajstić information content (AvgIpc) is 2.78. The Balaban J connectivity index is 2.18. The van der Waals surface area contributed by atoms with Crippen LogP contribution in [0.15, 0.2) is 18.2 Å². The quantitative estimate of drug-likeness (QED) is 0.790. The molecular formula is C15H18N2O3. The van der Waals surface area contributed by atoms with E-state index in [1.807, 2.05) is 26.8 Å². The number of benzene rings is 1. The summed E-state index contributed by atoms with van der Waals surface area (Å²) >= 11 is 0. The van der Waals surface area contributed by atoms with Crippen LogP contribution >= 0.6 is 0 Å². The fourth-order valence-corrected chi connectivity index (χ4v) is 2.04. The van der Waals surface area contributed by atoms with Crippen LogP contribution in [0, 0.1) is 11.3 Å². The highest BCUT2D eigenvalue weighted by Gasteiger charge is 2.32. The van der Waals surface area contributed by atoms with Gasteiger partial charge in [-0.1, -0.05) is 6.07 Å². The predicted molar refractivity (Wildman–Crippen MR) is 73.4 cm³/mol. The van der Waals surface area contributed by atoms with Gasteiger partial charge in [0, 0.05) is 12.6 Å². The van der Waals surface area contributed by atoms with Gasteiger partial charge in [0.15, 0.2) is 0 Å². The Kier molecular flexibility index (Phi) is 3.58. The largest absolute Gasteiger partial charge is 0.491 e. The number of ether oxygens (including phenoxy) is 2. The van der Waals surface area contributed by atoms with Crippen molar-refractivity contribution in [2.45, 2.75) is 32.4 Å². The van der Waals surface area contributed by atoms with E-state index in [9.17, 15) is 4.79 Å². The van der Waals surface area contributed by atoms with E-state index in [2.05, 4.69) is 6.07 Å². The number of rotatable bonds is 1. The first-order chi connectivity index (χ1) is 9.31. The third-order valence-electron chi connectivity index (χ3n) is 3.05. The molecule has 0 saturated carbocycles. The summed E-state index contributed by atoms with van der Waals surface area (Å²) < 4.78 is 10.9. The Morgan fingerprint density at radius 1 is 1.50 bits per heavy atom. The second kappa shape index (κ2) is 5.04. The Labute approximate surface area is 118 Å². The van der Waals surface area contributed by atoms with Crippen molar-refractivity contribution in [2.24, 2.45) is 0 Å². The number of carbonyl (C=O) groups is 1. The summed E-state index contributed by atoms with van der Waals surface area (Å²) in [5, 5.41) is 8.87. The topological polar surface area (TPSA) is 62.6 Å². The highest BCUT2D eigenvalue weighted by molar-refractivity contribution is 5.69. The predicted octanol–water partition coefficient (Wildman–Crippen LogP) is 2.86. The standard InChI is InChI=1S/C15H18N2O3/c1-15(2,3)20-14(18)17(4)12-9-19-13-7-10(8-16)5-6-11(12)13/h5-7,12H,9H2,1-4H3. The number of amides is 1. The van der Waals surface area contributed by atoms with Crippen LogP contribution in [-0.2, 0) is 4.74 Å². The molecule has 1 heterocycles. The van der Waals surface area contributed by atoms with Crippen LogP contribution in [0.2, 0.25) is 0 Å². The van der Waals surface area contributed by atoms with Crippen molar-refractivity contribution in [3.8, 4) is 11.8 Å². The fraction of sp³-hybridized carbons (Fsp3) is 0.467. The molecule has 1 atom stereocenters. The maximum atomic E-state index is 12.1. The number of carbonyl (C=O) groups excluding carboxylic acids is 1. The van der Waals surface area contributed by atoms with Gasteiger partial charge in [0.05, 0.1) is 17.7 Å². The summed E-state index contributed by atoms with van der Waals surface area (Å²) in [7, 11) is 1.69. The van der Waals surface area contributed by atoms with E-state index >= 15 is 0 Å². The van der Waals surface area contributed by atoms with Crippen molar-refractivity contribution in [3.63, 3.8) is 0 Å². The van der Waals surface area contributed by atoms with Crippen LogP contribution in [0.5, 0.6) is 5.75 Å². The van der Waals surface area contributed by atoms with Crippen molar-refractivity contribution < 1.29 is 14.3 Å². The average molecular weight is 274 g/mol. The molecule has 0 radical (unpaired) electrons. The highest BCUT2D eigenvalue weighted by Crippen LogP contribution is 2.36. The molecule has 1 aliphatic heterocycles. The van der Waals surface area contributed by atoms with E-state index in [4.69, 9.17) is 14.7 Å². The molecule has 0 saturated heterocycles. The number of likely N-dealkylation sites (N-methyl/N-ethyl adjacent to an activating group) is 1. The molecule has 1 unspecified atom stereocenters. The van der Waals surface area contributed by atoms with Gasteiger partial charge in [0.1, 0.15) is 18.0 Å². The van der Waals surface area contributed by atoms with E-state index < -0.39 is 5.60 Å². The highest BCUT2D eigenvalue weighted by atomic mass is 16.6. The van der Waals surface area contributed by atoms with Crippen molar-refractivity contribution >= 4 is 6.09 Å². The third-order valence-corrected chi connectivity index (χ3v) is 3.05. The van der Waals surface area contributed by atoms with Gasteiger partial charge in [-0.15, -0.1) is 0 Å². The summed E-state index contributed by atoms with van der Waals surface area (Å²) in [4.78, 5) is 13.6. The molecule has 0 N–H and O–H groups in total. The first-order valence-corrected chi connectivity index (χ1v) is 6.44. The van der Waals surface area contributed by atoms with Crippen molar-refractivity contribution in [1.29, 1.82) is 5.26 Å². The maximum absolute atomic E-state index is 12.1. The van der Waals surface area contributed by atoms with E-state index in [0.29, 0.717) is 17.9 Å². The van der Waals surface area contributed by atoms with Crippen molar-refractivity contribution in [1.82, 2.24) is 4.90 Å². The van der Waals surface area contributed by atoms with Crippen LogP contribution in [0.25, 0.3) is 0 Å². The van der Waals surface area contributed by atoms with Crippen molar-refractivity contribution in [3.05, 3.63) is 29.3 Å². The number of nitrogens with zero attached hydrogens (tertiary/aromatic N) is 2. The molecule has 0 aromatic heterocycles. The van der Waals surface area contributed by atoms with Crippen LogP contribution in [0.3, 0.4) is 0 Å². The van der Waals surface area contributed by atoms with Crippen LogP contribution in [0.1, 0.15) is 37.9 Å². The van der Waals surface area contributed by atoms with Gasteiger partial charge in [0.25, 0.3) is 0 Å². The van der Waals surface area contributed by atoms with E-state index in [-0.39, 0.29) is 12.1 Å². The molecule has 106 valence electrons. The first kappa shape index (κ1) is 14.2. The SMILES string of the molecule is CN(C(=O)OC(C)(C)C)C1COc2cc(C#N)ccc21. The van der Waals surface area contributed by atoms with Crippen molar-refractivity contribution in [2.75, 3.05) is 13.7 Å². The second-order valence-electron chi connectivity index (χ2n) is 5.78. The summed E-state index contributed by atoms with van der Waals surface area (Å²) in [5.74, 6) is 0.657. The van der Waals surface area contributed by atoms with Crippen LogP contribution < -0.4 is 4.74 Å². The summed E-state index contributed by atoms with van der Waals surface area (Å²) in [6.07, 6.45) is -0.386. The Morgan fingerprint density at radius 3 is 2.80 bits per heavy atom. The molecule has 20 heavy (non-hydrogen) atoms.